The fourth-order valence-electron chi connectivity index (χ4n) is 1.93. The van der Waals surface area contributed by atoms with Gasteiger partial charge in [0.25, 0.3) is 0 Å². The minimum atomic E-state index is 0.100. The van der Waals surface area contributed by atoms with Gasteiger partial charge in [0.15, 0.2) is 0 Å². The Morgan fingerprint density at radius 1 is 1.39 bits per heavy atom. The second kappa shape index (κ2) is 7.42. The fraction of sp³-hybridized carbons (Fsp3) is 0.533. The molecule has 2 nitrogen and oxygen atoms in total. The molecule has 0 radical (unpaired) electrons. The lowest BCUT2D eigenvalue weighted by Gasteiger charge is -2.16. The third-order valence-electron chi connectivity index (χ3n) is 3.23. The minimum Gasteiger partial charge on any atom is -0.326 e. The van der Waals surface area contributed by atoms with Crippen molar-refractivity contribution in [1.29, 1.82) is 0 Å². The van der Waals surface area contributed by atoms with E-state index < -0.39 is 0 Å². The number of carbonyl (C=O) groups is 1. The normalized spacial score (nSPS) is 12.2. The summed E-state index contributed by atoms with van der Waals surface area (Å²) in [6.45, 7) is 6.18. The highest BCUT2D eigenvalue weighted by Crippen LogP contribution is 2.22. The number of amides is 1. The molecule has 0 aliphatic carbocycles. The van der Waals surface area contributed by atoms with Crippen LogP contribution in [-0.2, 0) is 4.79 Å². The summed E-state index contributed by atoms with van der Waals surface area (Å²) in [5.41, 5.74) is 1.86. The first-order valence-corrected chi connectivity index (χ1v) is 7.03. The van der Waals surface area contributed by atoms with Gasteiger partial charge in [0.05, 0.1) is 0 Å². The summed E-state index contributed by atoms with van der Waals surface area (Å²) in [6.07, 6.45) is 4.06. The molecular weight excluding hydrogens is 246 g/mol. The maximum Gasteiger partial charge on any atom is 0.227 e. The summed E-state index contributed by atoms with van der Waals surface area (Å²) in [6, 6.07) is 5.56. The molecule has 1 atom stereocenters. The first-order chi connectivity index (χ1) is 8.58. The van der Waals surface area contributed by atoms with Crippen LogP contribution in [0.15, 0.2) is 18.2 Å². The van der Waals surface area contributed by atoms with E-state index in [4.69, 9.17) is 11.6 Å². The smallest absolute Gasteiger partial charge is 0.227 e. The van der Waals surface area contributed by atoms with Crippen molar-refractivity contribution in [2.75, 3.05) is 5.32 Å². The van der Waals surface area contributed by atoms with Crippen molar-refractivity contribution in [3.8, 4) is 0 Å². The molecule has 0 saturated heterocycles. The number of rotatable bonds is 6. The average molecular weight is 268 g/mol. The molecule has 1 N–H and O–H groups in total. The van der Waals surface area contributed by atoms with Crippen LogP contribution in [0.5, 0.6) is 0 Å². The van der Waals surface area contributed by atoms with Gasteiger partial charge in [-0.05, 0) is 37.5 Å². The molecule has 0 heterocycles. The molecule has 0 aliphatic heterocycles. The van der Waals surface area contributed by atoms with Gasteiger partial charge in [-0.15, -0.1) is 0 Å². The third kappa shape index (κ3) is 4.34. The lowest BCUT2D eigenvalue weighted by atomic mass is 9.98. The van der Waals surface area contributed by atoms with Crippen LogP contribution in [0.25, 0.3) is 0 Å². The lowest BCUT2D eigenvalue weighted by molar-refractivity contribution is -0.120. The number of halogens is 1. The van der Waals surface area contributed by atoms with E-state index in [0.29, 0.717) is 5.02 Å². The molecule has 1 amide bonds. The zero-order valence-corrected chi connectivity index (χ0v) is 12.2. The van der Waals surface area contributed by atoms with Crippen LogP contribution in [0.2, 0.25) is 5.02 Å². The van der Waals surface area contributed by atoms with Gasteiger partial charge in [-0.25, -0.2) is 0 Å². The van der Waals surface area contributed by atoms with E-state index in [1.54, 1.807) is 6.07 Å². The van der Waals surface area contributed by atoms with Gasteiger partial charge in [-0.3, -0.25) is 4.79 Å². The Morgan fingerprint density at radius 2 is 2.11 bits per heavy atom. The highest BCUT2D eigenvalue weighted by atomic mass is 35.5. The van der Waals surface area contributed by atoms with Crippen molar-refractivity contribution >= 4 is 23.2 Å². The Morgan fingerprint density at radius 3 is 2.72 bits per heavy atom. The Hall–Kier alpha value is -1.02. The molecule has 1 rings (SSSR count). The first-order valence-electron chi connectivity index (χ1n) is 6.65. The Balaban J connectivity index is 2.70. The predicted molar refractivity (Wildman–Crippen MR) is 78.1 cm³/mol. The molecule has 1 unspecified atom stereocenters. The average Bonchev–Trinajstić information content (AvgIpc) is 2.35. The molecule has 0 aliphatic rings. The van der Waals surface area contributed by atoms with Crippen LogP contribution in [0.1, 0.15) is 45.1 Å². The first kappa shape index (κ1) is 15.0. The summed E-state index contributed by atoms with van der Waals surface area (Å²) < 4.78 is 0. The molecule has 0 fully saturated rings. The zero-order valence-electron chi connectivity index (χ0n) is 11.4. The molecule has 0 bridgehead atoms. The van der Waals surface area contributed by atoms with Gasteiger partial charge in [0.2, 0.25) is 5.91 Å². The zero-order chi connectivity index (χ0) is 13.5. The SMILES string of the molecule is CCCCC(CC)C(=O)Nc1cc(Cl)ccc1C. The molecule has 0 aromatic heterocycles. The van der Waals surface area contributed by atoms with E-state index in [9.17, 15) is 4.79 Å². The van der Waals surface area contributed by atoms with Crippen LogP contribution in [-0.4, -0.2) is 5.91 Å². The standard InChI is InChI=1S/C15H22ClNO/c1-4-6-7-12(5-2)15(18)17-14-10-13(16)9-8-11(14)3/h8-10,12H,4-7H2,1-3H3,(H,17,18). The number of hydrogen-bond donors (Lipinski definition) is 1. The maximum absolute atomic E-state index is 12.2. The van der Waals surface area contributed by atoms with Gasteiger partial charge < -0.3 is 5.32 Å². The lowest BCUT2D eigenvalue weighted by Crippen LogP contribution is -2.22. The maximum atomic E-state index is 12.2. The highest BCUT2D eigenvalue weighted by molar-refractivity contribution is 6.31. The molecule has 100 valence electrons. The Labute approximate surface area is 115 Å². The Bertz CT molecular complexity index is 403. The number of unbranched alkanes of at least 4 members (excludes halogenated alkanes) is 1. The second-order valence-electron chi connectivity index (χ2n) is 4.70. The number of benzene rings is 1. The van der Waals surface area contributed by atoms with Gasteiger partial charge in [-0.1, -0.05) is 44.4 Å². The third-order valence-corrected chi connectivity index (χ3v) is 3.46. The summed E-state index contributed by atoms with van der Waals surface area (Å²) in [5, 5.41) is 3.64. The van der Waals surface area contributed by atoms with E-state index in [0.717, 1.165) is 36.9 Å². The van der Waals surface area contributed by atoms with Crippen LogP contribution < -0.4 is 5.32 Å². The summed E-state index contributed by atoms with van der Waals surface area (Å²) >= 11 is 5.95. The molecular formula is C15H22ClNO. The van der Waals surface area contributed by atoms with Gasteiger partial charge in [-0.2, -0.15) is 0 Å². The second-order valence-corrected chi connectivity index (χ2v) is 5.13. The van der Waals surface area contributed by atoms with Crippen molar-refractivity contribution in [2.45, 2.75) is 46.5 Å². The van der Waals surface area contributed by atoms with Crippen molar-refractivity contribution in [1.82, 2.24) is 0 Å². The van der Waals surface area contributed by atoms with Gasteiger partial charge in [0.1, 0.15) is 0 Å². The van der Waals surface area contributed by atoms with Crippen LogP contribution in [0.4, 0.5) is 5.69 Å². The summed E-state index contributed by atoms with van der Waals surface area (Å²) in [4.78, 5) is 12.2. The van der Waals surface area contributed by atoms with Crippen molar-refractivity contribution in [3.05, 3.63) is 28.8 Å². The van der Waals surface area contributed by atoms with E-state index in [2.05, 4.69) is 19.2 Å². The van der Waals surface area contributed by atoms with Crippen molar-refractivity contribution in [3.63, 3.8) is 0 Å². The number of hydrogen-bond acceptors (Lipinski definition) is 1. The number of carbonyl (C=O) groups excluding carboxylic acids is 1. The van der Waals surface area contributed by atoms with Crippen LogP contribution in [0.3, 0.4) is 0 Å². The fourth-order valence-corrected chi connectivity index (χ4v) is 2.11. The van der Waals surface area contributed by atoms with Crippen molar-refractivity contribution < 1.29 is 4.79 Å². The molecule has 0 saturated carbocycles. The number of nitrogens with one attached hydrogen (secondary N) is 1. The minimum absolute atomic E-state index is 0.100. The molecule has 1 aromatic carbocycles. The van der Waals surface area contributed by atoms with Gasteiger partial charge in [0, 0.05) is 16.6 Å². The summed E-state index contributed by atoms with van der Waals surface area (Å²) in [5.74, 6) is 0.208. The van der Waals surface area contributed by atoms with E-state index >= 15 is 0 Å². The quantitative estimate of drug-likeness (QED) is 0.788. The van der Waals surface area contributed by atoms with Gasteiger partial charge >= 0.3 is 0 Å². The van der Waals surface area contributed by atoms with E-state index in [1.807, 2.05) is 19.1 Å². The van der Waals surface area contributed by atoms with Crippen LogP contribution in [0, 0.1) is 12.8 Å². The number of aryl methyl sites for hydroxylation is 1. The molecule has 0 spiro atoms. The Kier molecular flexibility index (Phi) is 6.20. The van der Waals surface area contributed by atoms with E-state index in [1.165, 1.54) is 0 Å². The number of anilines is 1. The van der Waals surface area contributed by atoms with Crippen molar-refractivity contribution in [2.24, 2.45) is 5.92 Å². The predicted octanol–water partition coefficient (Wildman–Crippen LogP) is 4.80. The van der Waals surface area contributed by atoms with E-state index in [-0.39, 0.29) is 11.8 Å². The molecule has 1 aromatic rings. The van der Waals surface area contributed by atoms with Crippen LogP contribution >= 0.6 is 11.6 Å². The largest absolute Gasteiger partial charge is 0.326 e. The monoisotopic (exact) mass is 267 g/mol. The molecule has 3 heteroatoms. The summed E-state index contributed by atoms with van der Waals surface area (Å²) in [7, 11) is 0. The molecule has 18 heavy (non-hydrogen) atoms. The highest BCUT2D eigenvalue weighted by Gasteiger charge is 2.16. The topological polar surface area (TPSA) is 29.1 Å².